The summed E-state index contributed by atoms with van der Waals surface area (Å²) in [7, 11) is 0. The van der Waals surface area contributed by atoms with Gasteiger partial charge in [0.2, 0.25) is 0 Å². The lowest BCUT2D eigenvalue weighted by Crippen LogP contribution is -2.11. The molecule has 1 rings (SSSR count). The van der Waals surface area contributed by atoms with Crippen LogP contribution in [0.25, 0.3) is 0 Å². The second-order valence-corrected chi connectivity index (χ2v) is 4.55. The van der Waals surface area contributed by atoms with Gasteiger partial charge in [-0.3, -0.25) is 0 Å². The average molecular weight is 344 g/mol. The predicted molar refractivity (Wildman–Crippen MR) is 59.4 cm³/mol. The van der Waals surface area contributed by atoms with Gasteiger partial charge in [-0.15, -0.1) is 0 Å². The highest BCUT2D eigenvalue weighted by atomic mass is 79.9. The molecule has 0 aliphatic carbocycles. The van der Waals surface area contributed by atoms with Gasteiger partial charge in [0.25, 0.3) is 0 Å². The van der Waals surface area contributed by atoms with Crippen molar-refractivity contribution < 1.29 is 15.0 Å². The van der Waals surface area contributed by atoms with Crippen molar-refractivity contribution in [3.05, 3.63) is 31.7 Å². The maximum absolute atomic E-state index is 10.6. The number of rotatable bonds is 2. The molecule has 0 aromatic heterocycles. The number of hydrogen-bond donors (Lipinski definition) is 2. The van der Waals surface area contributed by atoms with E-state index in [1.807, 2.05) is 0 Å². The Bertz CT molecular complexity index is 381. The molecule has 6 heteroatoms. The van der Waals surface area contributed by atoms with E-state index in [1.54, 1.807) is 6.07 Å². The minimum atomic E-state index is -1.63. The van der Waals surface area contributed by atoms with Gasteiger partial charge in [0.15, 0.2) is 6.10 Å². The number of benzene rings is 1. The van der Waals surface area contributed by atoms with Gasteiger partial charge in [-0.1, -0.05) is 11.6 Å². The van der Waals surface area contributed by atoms with E-state index in [4.69, 9.17) is 16.7 Å². The molecule has 1 atom stereocenters. The van der Waals surface area contributed by atoms with Crippen LogP contribution in [0.3, 0.4) is 0 Å². The fourth-order valence-corrected chi connectivity index (χ4v) is 2.20. The highest BCUT2D eigenvalue weighted by Crippen LogP contribution is 2.36. The van der Waals surface area contributed by atoms with Crippen LogP contribution in [0.1, 0.15) is 11.7 Å². The van der Waals surface area contributed by atoms with E-state index in [2.05, 4.69) is 31.9 Å². The van der Waals surface area contributed by atoms with Crippen molar-refractivity contribution >= 4 is 49.4 Å². The van der Waals surface area contributed by atoms with E-state index in [-0.39, 0.29) is 10.6 Å². The van der Waals surface area contributed by atoms with Crippen LogP contribution < -0.4 is 0 Å². The number of aliphatic hydroxyl groups excluding tert-OH is 1. The molecule has 0 fully saturated rings. The molecule has 1 aromatic rings. The number of carboxylic acids is 1. The van der Waals surface area contributed by atoms with Gasteiger partial charge >= 0.3 is 5.97 Å². The third-order valence-corrected chi connectivity index (χ3v) is 3.96. The van der Waals surface area contributed by atoms with E-state index in [9.17, 15) is 9.90 Å². The van der Waals surface area contributed by atoms with Crippen molar-refractivity contribution in [3.63, 3.8) is 0 Å². The number of carboxylic acid groups (broad SMARTS) is 1. The van der Waals surface area contributed by atoms with E-state index in [0.29, 0.717) is 8.95 Å². The number of aliphatic hydroxyl groups is 1. The second-order valence-electron chi connectivity index (χ2n) is 2.50. The Hall–Kier alpha value is -0.100. The topological polar surface area (TPSA) is 57.5 Å². The molecule has 0 aliphatic rings. The third kappa shape index (κ3) is 2.28. The van der Waals surface area contributed by atoms with Crippen LogP contribution in [0.5, 0.6) is 0 Å². The fraction of sp³-hybridized carbons (Fsp3) is 0.125. The lowest BCUT2D eigenvalue weighted by Gasteiger charge is -2.11. The Morgan fingerprint density at radius 1 is 1.43 bits per heavy atom. The monoisotopic (exact) mass is 342 g/mol. The molecule has 0 spiro atoms. The summed E-state index contributed by atoms with van der Waals surface area (Å²) in [6.45, 7) is 0. The van der Waals surface area contributed by atoms with Crippen molar-refractivity contribution in [3.8, 4) is 0 Å². The number of aliphatic carboxylic acids is 1. The van der Waals surface area contributed by atoms with Crippen molar-refractivity contribution in [1.82, 2.24) is 0 Å². The van der Waals surface area contributed by atoms with Crippen molar-refractivity contribution in [1.29, 1.82) is 0 Å². The smallest absolute Gasteiger partial charge is 0.337 e. The lowest BCUT2D eigenvalue weighted by atomic mass is 10.1. The standard InChI is InChI=1S/C8H5Br2ClO3/c9-3-1-2-4(11)5(6(3)10)7(12)8(13)14/h1-2,7,12H,(H,13,14). The zero-order valence-corrected chi connectivity index (χ0v) is 10.6. The van der Waals surface area contributed by atoms with E-state index in [1.165, 1.54) is 6.07 Å². The quantitative estimate of drug-likeness (QED) is 0.811. The van der Waals surface area contributed by atoms with Crippen molar-refractivity contribution in [2.75, 3.05) is 0 Å². The van der Waals surface area contributed by atoms with Crippen LogP contribution in [-0.2, 0) is 4.79 Å². The summed E-state index contributed by atoms with van der Waals surface area (Å²) in [6.07, 6.45) is -1.63. The Labute approximate surface area is 102 Å². The molecule has 0 saturated heterocycles. The first kappa shape index (κ1) is 12.0. The molecule has 14 heavy (non-hydrogen) atoms. The minimum Gasteiger partial charge on any atom is -0.479 e. The number of hydrogen-bond acceptors (Lipinski definition) is 2. The van der Waals surface area contributed by atoms with Gasteiger partial charge in [-0.2, -0.15) is 0 Å². The summed E-state index contributed by atoms with van der Waals surface area (Å²) < 4.78 is 1.08. The van der Waals surface area contributed by atoms with Crippen LogP contribution >= 0.6 is 43.5 Å². The lowest BCUT2D eigenvalue weighted by molar-refractivity contribution is -0.147. The maximum atomic E-state index is 10.6. The van der Waals surface area contributed by atoms with Crippen molar-refractivity contribution in [2.24, 2.45) is 0 Å². The fourth-order valence-electron chi connectivity index (χ4n) is 0.917. The summed E-state index contributed by atoms with van der Waals surface area (Å²) in [5.74, 6) is -1.34. The Kier molecular flexibility index (Phi) is 3.94. The van der Waals surface area contributed by atoms with E-state index in [0.717, 1.165) is 0 Å². The Balaban J connectivity index is 3.32. The molecule has 0 heterocycles. The molecule has 3 nitrogen and oxygen atoms in total. The van der Waals surface area contributed by atoms with Crippen LogP contribution in [-0.4, -0.2) is 16.2 Å². The summed E-state index contributed by atoms with van der Waals surface area (Å²) in [5.41, 5.74) is 0.147. The first-order chi connectivity index (χ1) is 6.45. The number of halogens is 3. The first-order valence-electron chi connectivity index (χ1n) is 3.49. The van der Waals surface area contributed by atoms with E-state index < -0.39 is 12.1 Å². The molecule has 1 aromatic carbocycles. The maximum Gasteiger partial charge on any atom is 0.337 e. The molecule has 2 N–H and O–H groups in total. The van der Waals surface area contributed by atoms with Gasteiger partial charge in [0, 0.05) is 19.5 Å². The van der Waals surface area contributed by atoms with Gasteiger partial charge < -0.3 is 10.2 Å². The third-order valence-electron chi connectivity index (χ3n) is 1.59. The van der Waals surface area contributed by atoms with Crippen LogP contribution in [0.15, 0.2) is 21.1 Å². The summed E-state index contributed by atoms with van der Waals surface area (Å²) in [6, 6.07) is 3.17. The minimum absolute atomic E-state index is 0.147. The van der Waals surface area contributed by atoms with Crippen molar-refractivity contribution in [2.45, 2.75) is 6.10 Å². The molecular weight excluding hydrogens is 339 g/mol. The molecular formula is C8H5Br2ClO3. The summed E-state index contributed by atoms with van der Waals surface area (Å²) >= 11 is 12.1. The predicted octanol–water partition coefficient (Wildman–Crippen LogP) is 2.98. The van der Waals surface area contributed by atoms with Crippen LogP contribution in [0, 0.1) is 0 Å². The Morgan fingerprint density at radius 2 is 2.00 bits per heavy atom. The summed E-state index contributed by atoms with van der Waals surface area (Å²) in [4.78, 5) is 10.6. The van der Waals surface area contributed by atoms with Gasteiger partial charge in [0.1, 0.15) is 0 Å². The molecule has 0 amide bonds. The second kappa shape index (κ2) is 4.61. The SMILES string of the molecule is O=C(O)C(O)c1c(Cl)ccc(Br)c1Br. The average Bonchev–Trinajstić information content (AvgIpc) is 2.12. The molecule has 0 bridgehead atoms. The normalized spacial score (nSPS) is 12.6. The van der Waals surface area contributed by atoms with Gasteiger partial charge in [-0.25, -0.2) is 4.79 Å². The Morgan fingerprint density at radius 3 is 2.50 bits per heavy atom. The zero-order valence-electron chi connectivity index (χ0n) is 6.67. The number of carbonyl (C=O) groups is 1. The van der Waals surface area contributed by atoms with E-state index >= 15 is 0 Å². The first-order valence-corrected chi connectivity index (χ1v) is 5.45. The highest BCUT2D eigenvalue weighted by molar-refractivity contribution is 9.13. The zero-order chi connectivity index (χ0) is 10.9. The highest BCUT2D eigenvalue weighted by Gasteiger charge is 2.22. The van der Waals surface area contributed by atoms with Crippen LogP contribution in [0.4, 0.5) is 0 Å². The molecule has 76 valence electrons. The summed E-state index contributed by atoms with van der Waals surface area (Å²) in [5, 5.41) is 18.2. The molecule has 1 unspecified atom stereocenters. The molecule has 0 aliphatic heterocycles. The largest absolute Gasteiger partial charge is 0.479 e. The molecule has 0 radical (unpaired) electrons. The van der Waals surface area contributed by atoms with Gasteiger partial charge in [0.05, 0.1) is 0 Å². The van der Waals surface area contributed by atoms with Gasteiger partial charge in [-0.05, 0) is 44.0 Å². The molecule has 0 saturated carbocycles. The van der Waals surface area contributed by atoms with Crippen LogP contribution in [0.2, 0.25) is 5.02 Å².